The van der Waals surface area contributed by atoms with E-state index in [1.54, 1.807) is 18.3 Å². The van der Waals surface area contributed by atoms with Gasteiger partial charge in [-0.05, 0) is 18.2 Å². The van der Waals surface area contributed by atoms with Crippen LogP contribution in [0.1, 0.15) is 22.1 Å². The zero-order valence-electron chi connectivity index (χ0n) is 10.2. The van der Waals surface area contributed by atoms with Crippen molar-refractivity contribution in [3.8, 4) is 5.75 Å². The second kappa shape index (κ2) is 4.61. The molecular weight excluding hydrogens is 242 g/mol. The average molecular weight is 255 g/mol. The van der Waals surface area contributed by atoms with Crippen molar-refractivity contribution in [3.63, 3.8) is 0 Å². The van der Waals surface area contributed by atoms with Crippen molar-refractivity contribution in [3.05, 3.63) is 53.9 Å². The predicted octanol–water partition coefficient (Wildman–Crippen LogP) is 1.53. The highest BCUT2D eigenvalue weighted by molar-refractivity contribution is 5.97. The fourth-order valence-electron chi connectivity index (χ4n) is 2.12. The minimum absolute atomic E-state index is 0.162. The summed E-state index contributed by atoms with van der Waals surface area (Å²) < 4.78 is 5.51. The zero-order chi connectivity index (χ0) is 13.2. The smallest absolute Gasteiger partial charge is 0.272 e. The van der Waals surface area contributed by atoms with Crippen molar-refractivity contribution in [2.45, 2.75) is 6.04 Å². The second-order valence-corrected chi connectivity index (χ2v) is 4.32. The molecular formula is C14H13N3O2. The lowest BCUT2D eigenvalue weighted by Gasteiger charge is -2.12. The Labute approximate surface area is 110 Å². The van der Waals surface area contributed by atoms with Crippen molar-refractivity contribution in [2.24, 2.45) is 0 Å². The SMILES string of the molecule is Nc1cccnc1C(=O)NC1COc2ccccc21. The second-order valence-electron chi connectivity index (χ2n) is 4.32. The maximum absolute atomic E-state index is 12.1. The molecule has 1 aromatic carbocycles. The van der Waals surface area contributed by atoms with E-state index in [4.69, 9.17) is 10.5 Å². The Morgan fingerprint density at radius 3 is 3.00 bits per heavy atom. The molecule has 0 saturated carbocycles. The number of aromatic nitrogens is 1. The first-order valence-electron chi connectivity index (χ1n) is 5.99. The first-order valence-corrected chi connectivity index (χ1v) is 5.99. The highest BCUT2D eigenvalue weighted by Crippen LogP contribution is 2.31. The van der Waals surface area contributed by atoms with Crippen molar-refractivity contribution in [1.29, 1.82) is 0 Å². The standard InChI is InChI=1S/C14H13N3O2/c15-10-5-3-7-16-13(10)14(18)17-11-8-19-12-6-2-1-4-9(11)12/h1-7,11H,8,15H2,(H,17,18). The lowest BCUT2D eigenvalue weighted by atomic mass is 10.1. The van der Waals surface area contributed by atoms with Crippen LogP contribution in [-0.4, -0.2) is 17.5 Å². The van der Waals surface area contributed by atoms with E-state index >= 15 is 0 Å². The van der Waals surface area contributed by atoms with Gasteiger partial charge in [-0.1, -0.05) is 18.2 Å². The zero-order valence-corrected chi connectivity index (χ0v) is 10.2. The summed E-state index contributed by atoms with van der Waals surface area (Å²) in [4.78, 5) is 16.1. The molecule has 0 bridgehead atoms. The molecule has 1 unspecified atom stereocenters. The lowest BCUT2D eigenvalue weighted by Crippen LogP contribution is -2.30. The van der Waals surface area contributed by atoms with E-state index < -0.39 is 0 Å². The fraction of sp³-hybridized carbons (Fsp3) is 0.143. The molecule has 5 nitrogen and oxygen atoms in total. The molecule has 19 heavy (non-hydrogen) atoms. The van der Waals surface area contributed by atoms with E-state index in [2.05, 4.69) is 10.3 Å². The number of rotatable bonds is 2. The molecule has 2 aromatic rings. The number of pyridine rings is 1. The first kappa shape index (κ1) is 11.5. The number of para-hydroxylation sites is 1. The molecule has 1 aliphatic rings. The van der Waals surface area contributed by atoms with Crippen LogP contribution < -0.4 is 15.8 Å². The van der Waals surface area contributed by atoms with Gasteiger partial charge < -0.3 is 15.8 Å². The van der Waals surface area contributed by atoms with Crippen molar-refractivity contribution in [2.75, 3.05) is 12.3 Å². The number of carbonyl (C=O) groups is 1. The van der Waals surface area contributed by atoms with Crippen LogP contribution in [0.25, 0.3) is 0 Å². The molecule has 5 heteroatoms. The topological polar surface area (TPSA) is 77.2 Å². The molecule has 1 aromatic heterocycles. The maximum Gasteiger partial charge on any atom is 0.272 e. The lowest BCUT2D eigenvalue weighted by molar-refractivity contribution is 0.0926. The van der Waals surface area contributed by atoms with E-state index in [0.29, 0.717) is 12.3 Å². The third-order valence-electron chi connectivity index (χ3n) is 3.06. The van der Waals surface area contributed by atoms with Crippen LogP contribution in [0.4, 0.5) is 5.69 Å². The van der Waals surface area contributed by atoms with Gasteiger partial charge in [-0.2, -0.15) is 0 Å². The van der Waals surface area contributed by atoms with Gasteiger partial charge in [0.1, 0.15) is 12.4 Å². The molecule has 3 rings (SSSR count). The molecule has 0 radical (unpaired) electrons. The Bertz CT molecular complexity index is 628. The highest BCUT2D eigenvalue weighted by atomic mass is 16.5. The van der Waals surface area contributed by atoms with Crippen LogP contribution in [0.5, 0.6) is 5.75 Å². The highest BCUT2D eigenvalue weighted by Gasteiger charge is 2.26. The molecule has 0 saturated heterocycles. The Hall–Kier alpha value is -2.56. The predicted molar refractivity (Wildman–Crippen MR) is 70.8 cm³/mol. The largest absolute Gasteiger partial charge is 0.491 e. The molecule has 1 aliphatic heterocycles. The Morgan fingerprint density at radius 1 is 1.32 bits per heavy atom. The number of anilines is 1. The van der Waals surface area contributed by atoms with E-state index in [-0.39, 0.29) is 17.6 Å². The number of nitrogens with zero attached hydrogens (tertiary/aromatic N) is 1. The summed E-state index contributed by atoms with van der Waals surface area (Å²) in [5, 5.41) is 2.89. The Morgan fingerprint density at radius 2 is 2.16 bits per heavy atom. The number of nitrogens with two attached hydrogens (primary N) is 1. The van der Waals surface area contributed by atoms with E-state index in [0.717, 1.165) is 11.3 Å². The normalized spacial score (nSPS) is 16.5. The number of amides is 1. The molecule has 1 amide bonds. The number of benzene rings is 1. The Kier molecular flexibility index (Phi) is 2.79. The van der Waals surface area contributed by atoms with Crippen LogP contribution in [-0.2, 0) is 0 Å². The summed E-state index contributed by atoms with van der Waals surface area (Å²) in [6.07, 6.45) is 1.55. The number of nitrogens with one attached hydrogen (secondary N) is 1. The summed E-state index contributed by atoms with van der Waals surface area (Å²) in [6, 6.07) is 10.8. The average Bonchev–Trinajstić information content (AvgIpc) is 2.83. The van der Waals surface area contributed by atoms with Crippen LogP contribution in [0.15, 0.2) is 42.6 Å². The molecule has 0 aliphatic carbocycles. The number of hydrogen-bond donors (Lipinski definition) is 2. The van der Waals surface area contributed by atoms with Gasteiger partial charge in [0.15, 0.2) is 5.69 Å². The molecule has 1 atom stereocenters. The molecule has 3 N–H and O–H groups in total. The summed E-state index contributed by atoms with van der Waals surface area (Å²) in [5.74, 6) is 0.519. The fourth-order valence-corrected chi connectivity index (χ4v) is 2.12. The number of hydrogen-bond acceptors (Lipinski definition) is 4. The van der Waals surface area contributed by atoms with E-state index in [1.165, 1.54) is 0 Å². The van der Waals surface area contributed by atoms with Gasteiger partial charge in [0, 0.05) is 11.8 Å². The molecule has 96 valence electrons. The van der Waals surface area contributed by atoms with Gasteiger partial charge in [-0.3, -0.25) is 4.79 Å². The van der Waals surface area contributed by atoms with Crippen molar-refractivity contribution >= 4 is 11.6 Å². The number of carbonyl (C=O) groups excluding carboxylic acids is 1. The number of fused-ring (bicyclic) bond motifs is 1. The van der Waals surface area contributed by atoms with Gasteiger partial charge in [0.25, 0.3) is 5.91 Å². The van der Waals surface area contributed by atoms with Crippen LogP contribution in [0.3, 0.4) is 0 Å². The van der Waals surface area contributed by atoms with Gasteiger partial charge >= 0.3 is 0 Å². The number of ether oxygens (including phenoxy) is 1. The van der Waals surface area contributed by atoms with Crippen LogP contribution >= 0.6 is 0 Å². The van der Waals surface area contributed by atoms with E-state index in [9.17, 15) is 4.79 Å². The van der Waals surface area contributed by atoms with Gasteiger partial charge in [0.2, 0.25) is 0 Å². The van der Waals surface area contributed by atoms with Gasteiger partial charge in [-0.25, -0.2) is 4.98 Å². The van der Waals surface area contributed by atoms with Crippen LogP contribution in [0.2, 0.25) is 0 Å². The Balaban J connectivity index is 1.81. The third-order valence-corrected chi connectivity index (χ3v) is 3.06. The number of nitrogen functional groups attached to an aromatic ring is 1. The van der Waals surface area contributed by atoms with Gasteiger partial charge in [-0.15, -0.1) is 0 Å². The summed E-state index contributed by atoms with van der Waals surface area (Å²) in [6.45, 7) is 0.428. The van der Waals surface area contributed by atoms with Crippen LogP contribution in [0, 0.1) is 0 Å². The summed E-state index contributed by atoms with van der Waals surface area (Å²) in [7, 11) is 0. The van der Waals surface area contributed by atoms with E-state index in [1.807, 2.05) is 24.3 Å². The third kappa shape index (κ3) is 2.10. The van der Waals surface area contributed by atoms with Gasteiger partial charge in [0.05, 0.1) is 11.7 Å². The molecule has 0 fully saturated rings. The minimum Gasteiger partial charge on any atom is -0.491 e. The summed E-state index contributed by atoms with van der Waals surface area (Å²) in [5.41, 5.74) is 7.32. The summed E-state index contributed by atoms with van der Waals surface area (Å²) >= 11 is 0. The van der Waals surface area contributed by atoms with Crippen molar-refractivity contribution < 1.29 is 9.53 Å². The minimum atomic E-state index is -0.289. The quantitative estimate of drug-likeness (QED) is 0.853. The monoisotopic (exact) mass is 255 g/mol. The molecule has 0 spiro atoms. The first-order chi connectivity index (χ1) is 9.25. The molecule has 2 heterocycles. The maximum atomic E-state index is 12.1. The van der Waals surface area contributed by atoms with Crippen molar-refractivity contribution in [1.82, 2.24) is 10.3 Å².